The van der Waals surface area contributed by atoms with Crippen LogP contribution in [0.15, 0.2) is 0 Å². The van der Waals surface area contributed by atoms with Crippen LogP contribution in [0.3, 0.4) is 0 Å². The predicted octanol–water partition coefficient (Wildman–Crippen LogP) is 2.65. The molecule has 0 saturated carbocycles. The lowest BCUT2D eigenvalue weighted by atomic mass is 10.0. The zero-order valence-electron chi connectivity index (χ0n) is 13.0. The fourth-order valence-corrected chi connectivity index (χ4v) is 2.25. The van der Waals surface area contributed by atoms with Gasteiger partial charge in [-0.3, -0.25) is 4.90 Å². The van der Waals surface area contributed by atoms with Crippen molar-refractivity contribution in [2.45, 2.75) is 71.6 Å². The van der Waals surface area contributed by atoms with Crippen molar-refractivity contribution in [3.8, 4) is 0 Å². The van der Waals surface area contributed by atoms with E-state index in [0.29, 0.717) is 12.1 Å². The molecule has 0 spiro atoms. The minimum absolute atomic E-state index is 0.251. The van der Waals surface area contributed by atoms with Crippen molar-refractivity contribution in [3.63, 3.8) is 0 Å². The molecule has 1 fully saturated rings. The molecule has 108 valence electrons. The van der Waals surface area contributed by atoms with Gasteiger partial charge >= 0.3 is 0 Å². The number of hydrogen-bond acceptors (Lipinski definition) is 3. The minimum Gasteiger partial charge on any atom is -0.377 e. The average Bonchev–Trinajstić information content (AvgIpc) is 2.61. The van der Waals surface area contributed by atoms with E-state index in [1.54, 1.807) is 0 Å². The van der Waals surface area contributed by atoms with E-state index in [0.717, 1.165) is 32.5 Å². The van der Waals surface area contributed by atoms with Crippen LogP contribution in [0, 0.1) is 0 Å². The van der Waals surface area contributed by atoms with Gasteiger partial charge in [0.25, 0.3) is 0 Å². The first-order valence-electron chi connectivity index (χ1n) is 7.59. The number of hydrogen-bond donors (Lipinski definition) is 1. The second-order valence-electron chi connectivity index (χ2n) is 6.22. The van der Waals surface area contributed by atoms with E-state index in [9.17, 15) is 0 Å². The third-order valence-corrected chi connectivity index (χ3v) is 4.22. The Labute approximate surface area is 113 Å². The number of nitrogens with zero attached hydrogens (tertiary/aromatic N) is 1. The summed E-state index contributed by atoms with van der Waals surface area (Å²) in [6.45, 7) is 15.6. The Kier molecular flexibility index (Phi) is 6.61. The van der Waals surface area contributed by atoms with Gasteiger partial charge in [0, 0.05) is 37.8 Å². The molecular weight excluding hydrogens is 224 g/mol. The molecule has 0 aromatic heterocycles. The summed E-state index contributed by atoms with van der Waals surface area (Å²) in [5, 5.41) is 3.68. The fourth-order valence-electron chi connectivity index (χ4n) is 2.25. The molecule has 0 radical (unpaired) electrons. The monoisotopic (exact) mass is 256 g/mol. The Bertz CT molecular complexity index is 231. The minimum atomic E-state index is 0.251. The molecule has 1 aliphatic heterocycles. The maximum absolute atomic E-state index is 5.84. The van der Waals surface area contributed by atoms with Crippen molar-refractivity contribution < 1.29 is 4.74 Å². The first-order valence-corrected chi connectivity index (χ1v) is 7.59. The molecular formula is C15H32N2O. The van der Waals surface area contributed by atoms with Crippen molar-refractivity contribution in [3.05, 3.63) is 0 Å². The lowest BCUT2D eigenvalue weighted by Crippen LogP contribution is -2.48. The van der Waals surface area contributed by atoms with Crippen molar-refractivity contribution in [1.29, 1.82) is 0 Å². The van der Waals surface area contributed by atoms with Crippen LogP contribution < -0.4 is 5.32 Å². The third kappa shape index (κ3) is 5.25. The van der Waals surface area contributed by atoms with Gasteiger partial charge in [-0.25, -0.2) is 0 Å². The van der Waals surface area contributed by atoms with E-state index in [-0.39, 0.29) is 5.54 Å². The molecule has 1 N–H and O–H groups in total. The highest BCUT2D eigenvalue weighted by Crippen LogP contribution is 2.13. The molecule has 1 saturated heterocycles. The fraction of sp³-hybridized carbons (Fsp3) is 1.00. The second-order valence-corrected chi connectivity index (χ2v) is 6.22. The number of nitrogens with one attached hydrogen (secondary N) is 1. The summed E-state index contributed by atoms with van der Waals surface area (Å²) in [5.41, 5.74) is 0.251. The molecule has 0 aromatic rings. The topological polar surface area (TPSA) is 24.5 Å². The van der Waals surface area contributed by atoms with E-state index < -0.39 is 0 Å². The van der Waals surface area contributed by atoms with Crippen molar-refractivity contribution in [2.24, 2.45) is 0 Å². The quantitative estimate of drug-likeness (QED) is 0.791. The van der Waals surface area contributed by atoms with Crippen molar-refractivity contribution >= 4 is 0 Å². The van der Waals surface area contributed by atoms with E-state index in [2.05, 4.69) is 44.8 Å². The summed E-state index contributed by atoms with van der Waals surface area (Å²) < 4.78 is 5.84. The smallest absolute Gasteiger partial charge is 0.0699 e. The van der Waals surface area contributed by atoms with Gasteiger partial charge < -0.3 is 10.1 Å². The molecule has 1 aliphatic rings. The van der Waals surface area contributed by atoms with E-state index >= 15 is 0 Å². The SMILES string of the molecule is CCC1CN(C(C)CNC(C)(C)CC)CCCO1. The van der Waals surface area contributed by atoms with Gasteiger partial charge in [0.05, 0.1) is 6.10 Å². The molecule has 1 heterocycles. The average molecular weight is 256 g/mol. The third-order valence-electron chi connectivity index (χ3n) is 4.22. The molecule has 18 heavy (non-hydrogen) atoms. The van der Waals surface area contributed by atoms with Gasteiger partial charge in [0.15, 0.2) is 0 Å². The van der Waals surface area contributed by atoms with E-state index in [1.165, 1.54) is 13.0 Å². The predicted molar refractivity (Wildman–Crippen MR) is 78.1 cm³/mol. The highest BCUT2D eigenvalue weighted by molar-refractivity contribution is 4.81. The van der Waals surface area contributed by atoms with Crippen LogP contribution >= 0.6 is 0 Å². The van der Waals surface area contributed by atoms with Crippen LogP contribution in [0.25, 0.3) is 0 Å². The van der Waals surface area contributed by atoms with Gasteiger partial charge in [-0.2, -0.15) is 0 Å². The lowest BCUT2D eigenvalue weighted by Gasteiger charge is -2.33. The van der Waals surface area contributed by atoms with Crippen LogP contribution in [0.1, 0.15) is 53.9 Å². The van der Waals surface area contributed by atoms with Crippen molar-refractivity contribution in [2.75, 3.05) is 26.2 Å². The van der Waals surface area contributed by atoms with Gasteiger partial charge in [0.1, 0.15) is 0 Å². The zero-order chi connectivity index (χ0) is 13.6. The van der Waals surface area contributed by atoms with Gasteiger partial charge in [-0.15, -0.1) is 0 Å². The maximum atomic E-state index is 5.84. The molecule has 1 rings (SSSR count). The van der Waals surface area contributed by atoms with Gasteiger partial charge in [-0.05, 0) is 40.0 Å². The first kappa shape index (κ1) is 15.9. The summed E-state index contributed by atoms with van der Waals surface area (Å²) in [7, 11) is 0. The molecule has 0 bridgehead atoms. The van der Waals surface area contributed by atoms with Crippen LogP contribution in [0.4, 0.5) is 0 Å². The van der Waals surface area contributed by atoms with Crippen LogP contribution in [-0.2, 0) is 4.74 Å². The largest absolute Gasteiger partial charge is 0.377 e. The lowest BCUT2D eigenvalue weighted by molar-refractivity contribution is 0.0461. The van der Waals surface area contributed by atoms with Gasteiger partial charge in [-0.1, -0.05) is 13.8 Å². The van der Waals surface area contributed by atoms with E-state index in [4.69, 9.17) is 4.74 Å². The molecule has 0 aliphatic carbocycles. The second kappa shape index (κ2) is 7.46. The Morgan fingerprint density at radius 1 is 1.39 bits per heavy atom. The Morgan fingerprint density at radius 3 is 2.72 bits per heavy atom. The first-order chi connectivity index (χ1) is 8.48. The molecule has 3 nitrogen and oxygen atoms in total. The molecule has 2 atom stereocenters. The summed E-state index contributed by atoms with van der Waals surface area (Å²) in [5.74, 6) is 0. The number of ether oxygens (including phenoxy) is 1. The summed E-state index contributed by atoms with van der Waals surface area (Å²) >= 11 is 0. The highest BCUT2D eigenvalue weighted by Gasteiger charge is 2.23. The summed E-state index contributed by atoms with van der Waals surface area (Å²) in [6, 6.07) is 0.589. The standard InChI is InChI=1S/C15H32N2O/c1-6-14-12-17(9-8-10-18-14)13(3)11-16-15(4,5)7-2/h13-14,16H,6-12H2,1-5H3. The highest BCUT2D eigenvalue weighted by atomic mass is 16.5. The summed E-state index contributed by atoms with van der Waals surface area (Å²) in [4.78, 5) is 2.58. The maximum Gasteiger partial charge on any atom is 0.0699 e. The normalized spacial score (nSPS) is 24.8. The molecule has 2 unspecified atom stereocenters. The van der Waals surface area contributed by atoms with Crippen LogP contribution in [0.5, 0.6) is 0 Å². The van der Waals surface area contributed by atoms with Crippen LogP contribution in [-0.4, -0.2) is 48.8 Å². The van der Waals surface area contributed by atoms with Crippen molar-refractivity contribution in [1.82, 2.24) is 10.2 Å². The molecule has 0 aromatic carbocycles. The molecule has 3 heteroatoms. The number of rotatable bonds is 6. The van der Waals surface area contributed by atoms with Gasteiger partial charge in [0.2, 0.25) is 0 Å². The Hall–Kier alpha value is -0.120. The zero-order valence-corrected chi connectivity index (χ0v) is 13.0. The molecule has 0 amide bonds. The summed E-state index contributed by atoms with van der Waals surface area (Å²) in [6.07, 6.45) is 3.88. The van der Waals surface area contributed by atoms with E-state index in [1.807, 2.05) is 0 Å². The van der Waals surface area contributed by atoms with Crippen LogP contribution in [0.2, 0.25) is 0 Å². The Morgan fingerprint density at radius 2 is 2.11 bits per heavy atom. The Balaban J connectivity index is 2.41.